The zero-order valence-electron chi connectivity index (χ0n) is 15.8. The second-order valence-electron chi connectivity index (χ2n) is 7.45. The van der Waals surface area contributed by atoms with Gasteiger partial charge in [0.15, 0.2) is 0 Å². The number of piperazine rings is 1. The maximum Gasteiger partial charge on any atom is 0.143 e. The van der Waals surface area contributed by atoms with Crippen LogP contribution in [0.15, 0.2) is 22.7 Å². The topological polar surface area (TPSA) is 41.7 Å². The molecule has 1 aromatic carbocycles. The molecule has 0 amide bonds. The quantitative estimate of drug-likeness (QED) is 0.694. The third-order valence-electron chi connectivity index (χ3n) is 5.60. The monoisotopic (exact) mass is 409 g/mol. The fourth-order valence-electron chi connectivity index (χ4n) is 3.87. The third-order valence-corrected chi connectivity index (χ3v) is 6.23. The van der Waals surface area contributed by atoms with Crippen LogP contribution in [-0.4, -0.2) is 54.5 Å². The summed E-state index contributed by atoms with van der Waals surface area (Å²) >= 11 is 12.9. The summed E-state index contributed by atoms with van der Waals surface area (Å²) in [6.07, 6.45) is 3.21. The minimum Gasteiger partial charge on any atom is -0.360 e. The summed E-state index contributed by atoms with van der Waals surface area (Å²) < 4.78 is 5.77. The molecular weight excluding hydrogens is 385 g/mol. The van der Waals surface area contributed by atoms with Crippen LogP contribution in [0.2, 0.25) is 10.0 Å². The molecule has 5 nitrogen and oxygen atoms in total. The van der Waals surface area contributed by atoms with Crippen molar-refractivity contribution in [3.05, 3.63) is 39.6 Å². The van der Waals surface area contributed by atoms with Gasteiger partial charge in [0.1, 0.15) is 11.5 Å². The van der Waals surface area contributed by atoms with E-state index >= 15 is 0 Å². The van der Waals surface area contributed by atoms with Crippen LogP contribution in [0.4, 0.5) is 0 Å². The van der Waals surface area contributed by atoms with Crippen molar-refractivity contribution in [2.75, 3.05) is 33.3 Å². The minimum absolute atomic E-state index is 0.440. The largest absolute Gasteiger partial charge is 0.360 e. The number of benzene rings is 1. The Bertz CT molecular complexity index is 786. The van der Waals surface area contributed by atoms with E-state index < -0.39 is 0 Å². The van der Waals surface area contributed by atoms with E-state index in [1.807, 2.05) is 23.3 Å². The van der Waals surface area contributed by atoms with Gasteiger partial charge in [-0.15, -0.1) is 0 Å². The highest BCUT2D eigenvalue weighted by molar-refractivity contribution is 6.39. The molecule has 2 fully saturated rings. The first kappa shape index (κ1) is 19.2. The Morgan fingerprint density at radius 1 is 1.22 bits per heavy atom. The Balaban J connectivity index is 1.58. The fraction of sp³-hybridized carbons (Fsp3) is 0.550. The Kier molecular flexibility index (Phi) is 5.76. The van der Waals surface area contributed by atoms with Gasteiger partial charge in [-0.3, -0.25) is 4.90 Å². The summed E-state index contributed by atoms with van der Waals surface area (Å²) in [6.45, 7) is 6.02. The molecule has 1 saturated carbocycles. The maximum atomic E-state index is 6.45. The van der Waals surface area contributed by atoms with E-state index in [2.05, 4.69) is 17.0 Å². The number of hydrogen-bond donors (Lipinski definition) is 0. The van der Waals surface area contributed by atoms with E-state index in [-0.39, 0.29) is 0 Å². The molecule has 0 radical (unpaired) electrons. The molecule has 146 valence electrons. The summed E-state index contributed by atoms with van der Waals surface area (Å²) in [7, 11) is 1.74. The van der Waals surface area contributed by atoms with Crippen LogP contribution in [0.25, 0.3) is 11.3 Å². The molecule has 27 heavy (non-hydrogen) atoms. The normalized spacial score (nSPS) is 21.7. The van der Waals surface area contributed by atoms with Crippen LogP contribution in [0, 0.1) is 0 Å². The number of halogens is 2. The molecule has 1 aliphatic heterocycles. The number of rotatable bonds is 6. The van der Waals surface area contributed by atoms with E-state index in [1.165, 1.54) is 12.8 Å². The maximum absolute atomic E-state index is 6.45. The highest BCUT2D eigenvalue weighted by atomic mass is 35.5. The van der Waals surface area contributed by atoms with Crippen molar-refractivity contribution in [1.82, 2.24) is 15.1 Å². The van der Waals surface area contributed by atoms with Gasteiger partial charge in [0.05, 0.1) is 17.2 Å². The highest BCUT2D eigenvalue weighted by Crippen LogP contribution is 2.46. The van der Waals surface area contributed by atoms with Gasteiger partial charge in [-0.1, -0.05) is 34.4 Å². The van der Waals surface area contributed by atoms with Gasteiger partial charge in [0, 0.05) is 49.3 Å². The second kappa shape index (κ2) is 8.10. The Morgan fingerprint density at radius 2 is 1.96 bits per heavy atom. The smallest absolute Gasteiger partial charge is 0.143 e. The molecule has 1 aliphatic carbocycles. The molecule has 0 spiro atoms. The Hall–Kier alpha value is -1.11. The van der Waals surface area contributed by atoms with Gasteiger partial charge >= 0.3 is 0 Å². The van der Waals surface area contributed by atoms with E-state index in [9.17, 15) is 0 Å². The van der Waals surface area contributed by atoms with Crippen LogP contribution >= 0.6 is 23.2 Å². The van der Waals surface area contributed by atoms with Crippen molar-refractivity contribution in [3.63, 3.8) is 0 Å². The lowest BCUT2D eigenvalue weighted by Gasteiger charge is -2.38. The van der Waals surface area contributed by atoms with Gasteiger partial charge in [0.25, 0.3) is 0 Å². The number of hydrogen-bond acceptors (Lipinski definition) is 5. The van der Waals surface area contributed by atoms with Crippen molar-refractivity contribution in [3.8, 4) is 11.3 Å². The Labute approximate surface area is 170 Å². The van der Waals surface area contributed by atoms with Crippen LogP contribution in [0.3, 0.4) is 0 Å². The standard InChI is InChI=1S/C20H25Cl2N3O2/c1-13-12-25(26-2)11-10-24(13)9-8-15-19(23-27-20(15)14-6-7-14)18-16(21)4-3-5-17(18)22/h3-5,13-14H,6-12H2,1-2H3. The van der Waals surface area contributed by atoms with Crippen molar-refractivity contribution in [2.24, 2.45) is 0 Å². The summed E-state index contributed by atoms with van der Waals surface area (Å²) in [5, 5.41) is 7.63. The molecule has 0 N–H and O–H groups in total. The van der Waals surface area contributed by atoms with Crippen LogP contribution in [0.1, 0.15) is 37.0 Å². The molecule has 4 rings (SSSR count). The van der Waals surface area contributed by atoms with Gasteiger partial charge < -0.3 is 9.36 Å². The lowest BCUT2D eigenvalue weighted by atomic mass is 10.0. The summed E-state index contributed by atoms with van der Waals surface area (Å²) in [5.41, 5.74) is 2.74. The van der Waals surface area contributed by atoms with Gasteiger partial charge in [-0.25, -0.2) is 0 Å². The van der Waals surface area contributed by atoms with Crippen molar-refractivity contribution < 1.29 is 9.36 Å². The summed E-state index contributed by atoms with van der Waals surface area (Å²) in [6, 6.07) is 6.00. The predicted octanol–water partition coefficient (Wildman–Crippen LogP) is 4.64. The van der Waals surface area contributed by atoms with E-state index in [4.69, 9.17) is 32.6 Å². The van der Waals surface area contributed by atoms with Crippen molar-refractivity contribution in [1.29, 1.82) is 0 Å². The first-order chi connectivity index (χ1) is 13.1. The van der Waals surface area contributed by atoms with Gasteiger partial charge in [-0.2, -0.15) is 5.06 Å². The van der Waals surface area contributed by atoms with Crippen LogP contribution < -0.4 is 0 Å². The molecule has 0 bridgehead atoms. The Morgan fingerprint density at radius 3 is 2.59 bits per heavy atom. The molecule has 1 unspecified atom stereocenters. The first-order valence-corrected chi connectivity index (χ1v) is 10.3. The zero-order chi connectivity index (χ0) is 19.0. The molecule has 1 atom stereocenters. The molecule has 1 saturated heterocycles. The van der Waals surface area contributed by atoms with Crippen molar-refractivity contribution in [2.45, 2.75) is 38.1 Å². The fourth-order valence-corrected chi connectivity index (χ4v) is 4.44. The molecule has 7 heteroatoms. The van der Waals surface area contributed by atoms with Gasteiger partial charge in [0.2, 0.25) is 0 Å². The molecule has 2 heterocycles. The highest BCUT2D eigenvalue weighted by Gasteiger charge is 2.34. The zero-order valence-corrected chi connectivity index (χ0v) is 17.3. The lowest BCUT2D eigenvalue weighted by Crippen LogP contribution is -2.51. The van der Waals surface area contributed by atoms with Crippen LogP contribution in [-0.2, 0) is 11.3 Å². The van der Waals surface area contributed by atoms with E-state index in [0.29, 0.717) is 22.0 Å². The number of aromatic nitrogens is 1. The van der Waals surface area contributed by atoms with Gasteiger partial charge in [-0.05, 0) is 38.3 Å². The number of hydroxylamine groups is 2. The predicted molar refractivity (Wildman–Crippen MR) is 107 cm³/mol. The molecule has 2 aliphatic rings. The SMILES string of the molecule is CON1CCN(CCc2c(-c3c(Cl)cccc3Cl)noc2C2CC2)C(C)C1. The summed E-state index contributed by atoms with van der Waals surface area (Å²) in [4.78, 5) is 7.87. The van der Waals surface area contributed by atoms with Crippen molar-refractivity contribution >= 4 is 23.2 Å². The number of nitrogens with zero attached hydrogens (tertiary/aromatic N) is 3. The molecule has 2 aromatic rings. The molecule has 1 aromatic heterocycles. The first-order valence-electron chi connectivity index (χ1n) is 9.54. The van der Waals surface area contributed by atoms with E-state index in [1.54, 1.807) is 7.11 Å². The average molecular weight is 410 g/mol. The van der Waals surface area contributed by atoms with Crippen LogP contribution in [0.5, 0.6) is 0 Å². The third kappa shape index (κ3) is 4.03. The second-order valence-corrected chi connectivity index (χ2v) is 8.26. The summed E-state index contributed by atoms with van der Waals surface area (Å²) in [5.74, 6) is 1.51. The molecular formula is C20H25Cl2N3O2. The minimum atomic E-state index is 0.440. The van der Waals surface area contributed by atoms with E-state index in [0.717, 1.165) is 55.2 Å². The lowest BCUT2D eigenvalue weighted by molar-refractivity contribution is -0.162. The average Bonchev–Trinajstić information content (AvgIpc) is 3.42.